The summed E-state index contributed by atoms with van der Waals surface area (Å²) in [7, 11) is -4.64. The molecule has 0 unspecified atom stereocenters. The highest BCUT2D eigenvalue weighted by Gasteiger charge is 2.39. The van der Waals surface area contributed by atoms with Crippen molar-refractivity contribution in [3.8, 4) is 16.9 Å². The lowest BCUT2D eigenvalue weighted by atomic mass is 9.92. The average molecular weight is 479 g/mol. The molecule has 0 heterocycles. The quantitative estimate of drug-likeness (QED) is 0.205. The molecule has 172 valence electrons. The van der Waals surface area contributed by atoms with Crippen LogP contribution >= 0.6 is 7.82 Å². The molecule has 5 N–H and O–H groups in total. The molecular weight excluding hydrogens is 462 g/mol. The van der Waals surface area contributed by atoms with E-state index in [9.17, 15) is 23.1 Å². The standard InChI is InChI=1S/C22H14F3NO2.H3O4P/c23-22(24,25)21(28)26-18-12-14-7-2-4-10-16(14)19(20(18)27)17-11-5-8-13-6-1-3-9-15(13)17;1-5(2,3)4/h1-12,27H,(H,26,28);(H3,1,2,3,4). The van der Waals surface area contributed by atoms with Gasteiger partial charge >= 0.3 is 19.9 Å². The number of amides is 1. The third-order valence-corrected chi connectivity index (χ3v) is 4.59. The van der Waals surface area contributed by atoms with Gasteiger partial charge in [0, 0.05) is 5.56 Å². The van der Waals surface area contributed by atoms with Crippen molar-refractivity contribution < 1.29 is 42.3 Å². The zero-order chi connectivity index (χ0) is 24.4. The summed E-state index contributed by atoms with van der Waals surface area (Å²) in [6, 6.07) is 21.4. The number of carbonyl (C=O) groups is 1. The van der Waals surface area contributed by atoms with Gasteiger partial charge in [0.25, 0.3) is 0 Å². The topological polar surface area (TPSA) is 127 Å². The van der Waals surface area contributed by atoms with Crippen molar-refractivity contribution in [1.82, 2.24) is 0 Å². The van der Waals surface area contributed by atoms with E-state index in [0.29, 0.717) is 21.9 Å². The van der Waals surface area contributed by atoms with Crippen LogP contribution in [0.25, 0.3) is 32.7 Å². The number of nitrogens with one attached hydrogen (secondary N) is 1. The van der Waals surface area contributed by atoms with Crippen LogP contribution in [0.15, 0.2) is 72.8 Å². The molecular formula is C22H17F3NO6P. The van der Waals surface area contributed by atoms with Crippen LogP contribution in [-0.2, 0) is 9.36 Å². The molecule has 0 bridgehead atoms. The number of hydrogen-bond donors (Lipinski definition) is 5. The van der Waals surface area contributed by atoms with Crippen molar-refractivity contribution >= 4 is 41.0 Å². The predicted octanol–water partition coefficient (Wildman–Crippen LogP) is 4.94. The second-order valence-electron chi connectivity index (χ2n) is 6.86. The van der Waals surface area contributed by atoms with Crippen molar-refractivity contribution in [3.63, 3.8) is 0 Å². The molecule has 0 aliphatic rings. The Morgan fingerprint density at radius 3 is 1.94 bits per heavy atom. The van der Waals surface area contributed by atoms with Gasteiger partial charge in [0.05, 0.1) is 5.69 Å². The van der Waals surface area contributed by atoms with Crippen molar-refractivity contribution in [2.45, 2.75) is 6.18 Å². The first-order valence-corrected chi connectivity index (χ1v) is 10.8. The van der Waals surface area contributed by atoms with Crippen LogP contribution in [0, 0.1) is 0 Å². The van der Waals surface area contributed by atoms with Gasteiger partial charge in [-0.2, -0.15) is 13.2 Å². The molecule has 4 rings (SSSR count). The zero-order valence-corrected chi connectivity index (χ0v) is 17.5. The lowest BCUT2D eigenvalue weighted by Gasteiger charge is -2.17. The van der Waals surface area contributed by atoms with E-state index in [4.69, 9.17) is 19.2 Å². The molecule has 0 aliphatic carbocycles. The van der Waals surface area contributed by atoms with Crippen molar-refractivity contribution in [1.29, 1.82) is 0 Å². The molecule has 0 fully saturated rings. The molecule has 0 radical (unpaired) electrons. The Bertz CT molecular complexity index is 1370. The first-order chi connectivity index (χ1) is 15.4. The first-order valence-electron chi connectivity index (χ1n) is 9.25. The van der Waals surface area contributed by atoms with Crippen LogP contribution in [0.3, 0.4) is 0 Å². The first kappa shape index (κ1) is 24.2. The van der Waals surface area contributed by atoms with Crippen LogP contribution in [0.5, 0.6) is 5.75 Å². The molecule has 0 saturated carbocycles. The summed E-state index contributed by atoms with van der Waals surface area (Å²) in [5, 5.41) is 15.6. The number of phenols is 1. The molecule has 4 aromatic rings. The number of hydrogen-bond acceptors (Lipinski definition) is 3. The summed E-state index contributed by atoms with van der Waals surface area (Å²) in [6.45, 7) is 0. The number of benzene rings is 4. The Hall–Kier alpha value is -3.43. The average Bonchev–Trinajstić information content (AvgIpc) is 2.72. The van der Waals surface area contributed by atoms with Gasteiger partial charge < -0.3 is 25.1 Å². The SMILES string of the molecule is O=C(Nc1cc2ccccc2c(-c2cccc3ccccc23)c1O)C(F)(F)F.O=P(O)(O)O. The summed E-state index contributed by atoms with van der Waals surface area (Å²) in [4.78, 5) is 33.0. The molecule has 0 spiro atoms. The Morgan fingerprint density at radius 2 is 1.33 bits per heavy atom. The minimum Gasteiger partial charge on any atom is -0.505 e. The second kappa shape index (κ2) is 9.21. The van der Waals surface area contributed by atoms with Gasteiger partial charge in [-0.15, -0.1) is 0 Å². The zero-order valence-electron chi connectivity index (χ0n) is 16.6. The maximum atomic E-state index is 12.7. The van der Waals surface area contributed by atoms with Crippen molar-refractivity contribution in [2.75, 3.05) is 5.32 Å². The monoisotopic (exact) mass is 479 g/mol. The Labute approximate surface area is 185 Å². The third kappa shape index (κ3) is 5.88. The highest BCUT2D eigenvalue weighted by atomic mass is 31.2. The second-order valence-corrected chi connectivity index (χ2v) is 7.89. The van der Waals surface area contributed by atoms with E-state index < -0.39 is 25.7 Å². The fourth-order valence-corrected chi connectivity index (χ4v) is 3.34. The number of rotatable bonds is 2. The number of phenolic OH excluding ortho intramolecular Hbond substituents is 1. The van der Waals surface area contributed by atoms with Crippen LogP contribution in [0.4, 0.5) is 18.9 Å². The lowest BCUT2D eigenvalue weighted by molar-refractivity contribution is -0.167. The molecule has 1 amide bonds. The third-order valence-electron chi connectivity index (χ3n) is 4.59. The fourth-order valence-electron chi connectivity index (χ4n) is 3.34. The summed E-state index contributed by atoms with van der Waals surface area (Å²) in [6.07, 6.45) is -5.06. The summed E-state index contributed by atoms with van der Waals surface area (Å²) in [5.74, 6) is -2.55. The molecule has 4 aromatic carbocycles. The van der Waals surface area contributed by atoms with Gasteiger partial charge in [-0.1, -0.05) is 66.7 Å². The lowest BCUT2D eigenvalue weighted by Crippen LogP contribution is -2.29. The van der Waals surface area contributed by atoms with Crippen LogP contribution in [0.2, 0.25) is 0 Å². The van der Waals surface area contributed by atoms with Crippen molar-refractivity contribution in [3.05, 3.63) is 72.8 Å². The van der Waals surface area contributed by atoms with E-state index in [0.717, 1.165) is 10.8 Å². The number of anilines is 1. The number of alkyl halides is 3. The Balaban J connectivity index is 0.000000555. The largest absolute Gasteiger partial charge is 0.505 e. The number of halogens is 3. The van der Waals surface area contributed by atoms with Gasteiger partial charge in [-0.3, -0.25) is 4.79 Å². The Kier molecular flexibility index (Phi) is 6.76. The van der Waals surface area contributed by atoms with Crippen LogP contribution < -0.4 is 5.32 Å². The highest BCUT2D eigenvalue weighted by molar-refractivity contribution is 7.45. The van der Waals surface area contributed by atoms with Crippen molar-refractivity contribution in [2.24, 2.45) is 0 Å². The van der Waals surface area contributed by atoms with Gasteiger partial charge in [-0.05, 0) is 33.2 Å². The minimum atomic E-state index is -5.06. The minimum absolute atomic E-state index is 0.288. The van der Waals surface area contributed by atoms with E-state index in [1.165, 1.54) is 6.07 Å². The molecule has 33 heavy (non-hydrogen) atoms. The molecule has 11 heteroatoms. The van der Waals surface area contributed by atoms with Gasteiger partial charge in [0.1, 0.15) is 5.75 Å². The predicted molar refractivity (Wildman–Crippen MR) is 118 cm³/mol. The number of phosphoric acid groups is 1. The van der Waals surface area contributed by atoms with Crippen LogP contribution in [0.1, 0.15) is 0 Å². The molecule has 7 nitrogen and oxygen atoms in total. The summed E-state index contributed by atoms with van der Waals surface area (Å²) in [5.41, 5.74) is 0.742. The summed E-state index contributed by atoms with van der Waals surface area (Å²) >= 11 is 0. The van der Waals surface area contributed by atoms with Crippen LogP contribution in [-0.4, -0.2) is 31.9 Å². The molecule has 0 saturated heterocycles. The molecule has 0 atom stereocenters. The number of aromatic hydroxyl groups is 1. The smallest absolute Gasteiger partial charge is 0.471 e. The number of carbonyl (C=O) groups excluding carboxylic acids is 1. The van der Waals surface area contributed by atoms with Gasteiger partial charge in [0.15, 0.2) is 0 Å². The van der Waals surface area contributed by atoms with E-state index in [2.05, 4.69) is 0 Å². The maximum absolute atomic E-state index is 12.7. The highest BCUT2D eigenvalue weighted by Crippen LogP contribution is 2.44. The summed E-state index contributed by atoms with van der Waals surface area (Å²) < 4.78 is 47.0. The van der Waals surface area contributed by atoms with Gasteiger partial charge in [0.2, 0.25) is 0 Å². The number of fused-ring (bicyclic) bond motifs is 2. The van der Waals surface area contributed by atoms with E-state index >= 15 is 0 Å². The maximum Gasteiger partial charge on any atom is 0.471 e. The van der Waals surface area contributed by atoms with Gasteiger partial charge in [-0.25, -0.2) is 4.57 Å². The van der Waals surface area contributed by atoms with E-state index in [1.54, 1.807) is 35.6 Å². The molecule has 0 aromatic heterocycles. The normalized spacial score (nSPS) is 11.7. The van der Waals surface area contributed by atoms with E-state index in [1.807, 2.05) is 36.4 Å². The Morgan fingerprint density at radius 1 is 0.818 bits per heavy atom. The fraction of sp³-hybridized carbons (Fsp3) is 0.0455. The van der Waals surface area contributed by atoms with E-state index in [-0.39, 0.29) is 5.69 Å². The molecule has 0 aliphatic heterocycles.